The Labute approximate surface area is 198 Å². The molecule has 2 amide bonds. The van der Waals surface area contributed by atoms with E-state index in [1.165, 1.54) is 21.8 Å². The standard InChI is InChI=1S/C22H23N3O4S3/c1-2-29-21(28)17-12-6-3-4-8-13(12)32-20(17)23-15(26)10-30-22-24-18(27)16-11-7-5-9-14(11)31-19(16)25-22/h16H,2-10H2,1H3,(H,23,26). The third kappa shape index (κ3) is 4.08. The van der Waals surface area contributed by atoms with E-state index in [-0.39, 0.29) is 36.1 Å². The van der Waals surface area contributed by atoms with Gasteiger partial charge in [-0.1, -0.05) is 23.5 Å². The number of allylic oxidation sites excluding steroid dienone is 1. The third-order valence-electron chi connectivity index (χ3n) is 5.93. The highest BCUT2D eigenvalue weighted by molar-refractivity contribution is 8.18. The number of hydrogen-bond acceptors (Lipinski definition) is 8. The molecule has 0 saturated heterocycles. The Balaban J connectivity index is 1.25. The van der Waals surface area contributed by atoms with Crippen LogP contribution in [-0.4, -0.2) is 40.4 Å². The number of thioether (sulfide) groups is 2. The van der Waals surface area contributed by atoms with Gasteiger partial charge in [-0.25, -0.2) is 9.79 Å². The van der Waals surface area contributed by atoms with Crippen molar-refractivity contribution in [2.24, 2.45) is 15.9 Å². The van der Waals surface area contributed by atoms with Crippen molar-refractivity contribution in [2.75, 3.05) is 17.7 Å². The molecule has 1 N–H and O–H groups in total. The molecule has 0 radical (unpaired) electrons. The number of amides is 2. The van der Waals surface area contributed by atoms with E-state index < -0.39 is 0 Å². The van der Waals surface area contributed by atoms with E-state index in [0.29, 0.717) is 15.7 Å². The van der Waals surface area contributed by atoms with Gasteiger partial charge in [-0.05, 0) is 67.9 Å². The van der Waals surface area contributed by atoms with Crippen LogP contribution in [0.5, 0.6) is 0 Å². The summed E-state index contributed by atoms with van der Waals surface area (Å²) in [6, 6.07) is 0. The Bertz CT molecular complexity index is 1100. The zero-order valence-corrected chi connectivity index (χ0v) is 20.1. The predicted molar refractivity (Wildman–Crippen MR) is 130 cm³/mol. The molecule has 0 saturated carbocycles. The van der Waals surface area contributed by atoms with E-state index in [1.54, 1.807) is 18.7 Å². The minimum atomic E-state index is -0.381. The summed E-state index contributed by atoms with van der Waals surface area (Å²) >= 11 is 4.22. The molecule has 0 bridgehead atoms. The molecule has 1 aromatic heterocycles. The summed E-state index contributed by atoms with van der Waals surface area (Å²) in [6.07, 6.45) is 6.94. The van der Waals surface area contributed by atoms with Crippen LogP contribution < -0.4 is 5.32 Å². The maximum absolute atomic E-state index is 12.7. The average molecular weight is 490 g/mol. The van der Waals surface area contributed by atoms with Crippen molar-refractivity contribution in [1.29, 1.82) is 0 Å². The molecule has 3 heterocycles. The smallest absolute Gasteiger partial charge is 0.341 e. The summed E-state index contributed by atoms with van der Waals surface area (Å²) < 4.78 is 5.24. The molecule has 32 heavy (non-hydrogen) atoms. The lowest BCUT2D eigenvalue weighted by Crippen LogP contribution is -2.25. The van der Waals surface area contributed by atoms with Crippen LogP contribution in [0.1, 0.15) is 59.8 Å². The van der Waals surface area contributed by atoms with E-state index in [9.17, 15) is 14.4 Å². The maximum Gasteiger partial charge on any atom is 0.341 e. The highest BCUT2D eigenvalue weighted by Gasteiger charge is 2.41. The summed E-state index contributed by atoms with van der Waals surface area (Å²) in [4.78, 5) is 49.0. The number of hydrogen-bond donors (Lipinski definition) is 1. The fourth-order valence-electron chi connectivity index (χ4n) is 4.55. The van der Waals surface area contributed by atoms with Gasteiger partial charge >= 0.3 is 5.97 Å². The number of carbonyl (C=O) groups excluding carboxylic acids is 3. The number of esters is 1. The molecule has 0 fully saturated rings. The first-order chi connectivity index (χ1) is 15.5. The largest absolute Gasteiger partial charge is 0.462 e. The van der Waals surface area contributed by atoms with Crippen LogP contribution >= 0.6 is 34.9 Å². The first-order valence-corrected chi connectivity index (χ1v) is 13.5. The van der Waals surface area contributed by atoms with Gasteiger partial charge in [-0.2, -0.15) is 4.99 Å². The van der Waals surface area contributed by atoms with Crippen molar-refractivity contribution >= 4 is 67.9 Å². The highest BCUT2D eigenvalue weighted by atomic mass is 32.2. The maximum atomic E-state index is 12.7. The molecule has 4 aliphatic rings. The lowest BCUT2D eigenvalue weighted by molar-refractivity contribution is -0.119. The van der Waals surface area contributed by atoms with Gasteiger partial charge in [0.15, 0.2) is 5.17 Å². The van der Waals surface area contributed by atoms with Gasteiger partial charge in [0.2, 0.25) is 5.91 Å². The quantitative estimate of drug-likeness (QED) is 0.609. The average Bonchev–Trinajstić information content (AvgIpc) is 3.44. The van der Waals surface area contributed by atoms with Crippen molar-refractivity contribution in [3.8, 4) is 0 Å². The molecular weight excluding hydrogens is 466 g/mol. The Morgan fingerprint density at radius 2 is 2.00 bits per heavy atom. The molecular formula is C22H23N3O4S3. The van der Waals surface area contributed by atoms with Gasteiger partial charge in [0.05, 0.1) is 23.0 Å². The summed E-state index contributed by atoms with van der Waals surface area (Å²) in [7, 11) is 0. The lowest BCUT2D eigenvalue weighted by atomic mass is 9.95. The predicted octanol–water partition coefficient (Wildman–Crippen LogP) is 4.57. The molecule has 10 heteroatoms. The summed E-state index contributed by atoms with van der Waals surface area (Å²) in [5, 5.41) is 4.58. The summed E-state index contributed by atoms with van der Waals surface area (Å²) in [5.41, 5.74) is 2.71. The van der Waals surface area contributed by atoms with Crippen LogP contribution in [0.25, 0.3) is 0 Å². The van der Waals surface area contributed by atoms with E-state index in [1.807, 2.05) is 0 Å². The van der Waals surface area contributed by atoms with Crippen molar-refractivity contribution < 1.29 is 19.1 Å². The van der Waals surface area contributed by atoms with Gasteiger partial charge < -0.3 is 10.1 Å². The monoisotopic (exact) mass is 489 g/mol. The number of nitrogens with one attached hydrogen (secondary N) is 1. The molecule has 1 atom stereocenters. The fraction of sp³-hybridized carbons (Fsp3) is 0.500. The van der Waals surface area contributed by atoms with Crippen molar-refractivity contribution in [2.45, 2.75) is 51.9 Å². The van der Waals surface area contributed by atoms with Crippen LogP contribution in [0.15, 0.2) is 20.5 Å². The minimum Gasteiger partial charge on any atom is -0.462 e. The minimum absolute atomic E-state index is 0.0657. The Kier molecular flexibility index (Phi) is 6.26. The molecule has 0 aromatic carbocycles. The van der Waals surface area contributed by atoms with E-state index in [2.05, 4.69) is 15.3 Å². The molecule has 2 aliphatic heterocycles. The first-order valence-electron chi connectivity index (χ1n) is 10.9. The third-order valence-corrected chi connectivity index (χ3v) is 9.23. The second-order valence-electron chi connectivity index (χ2n) is 7.99. The van der Waals surface area contributed by atoms with Gasteiger partial charge in [-0.15, -0.1) is 11.3 Å². The number of anilines is 1. The Morgan fingerprint density at radius 3 is 2.84 bits per heavy atom. The SMILES string of the molecule is CCOC(=O)c1c(NC(=O)CSC2=NC(=O)C3C(=N2)SC2=C3CCC2)sc2c1CCCC2. The summed E-state index contributed by atoms with van der Waals surface area (Å²) in [6.45, 7) is 2.06. The number of thiophene rings is 1. The van der Waals surface area contributed by atoms with E-state index in [4.69, 9.17) is 4.74 Å². The Hall–Kier alpha value is -1.91. The van der Waals surface area contributed by atoms with Crippen LogP contribution in [-0.2, 0) is 27.2 Å². The molecule has 0 spiro atoms. The number of fused-ring (bicyclic) bond motifs is 3. The zero-order valence-electron chi connectivity index (χ0n) is 17.7. The van der Waals surface area contributed by atoms with E-state index >= 15 is 0 Å². The van der Waals surface area contributed by atoms with Crippen molar-refractivity contribution in [1.82, 2.24) is 0 Å². The number of nitrogens with zero attached hydrogens (tertiary/aromatic N) is 2. The van der Waals surface area contributed by atoms with Gasteiger partial charge in [0, 0.05) is 4.88 Å². The number of aryl methyl sites for hydroxylation is 1. The molecule has 7 nitrogen and oxygen atoms in total. The number of amidine groups is 1. The second-order valence-corrected chi connectivity index (χ2v) is 11.2. The van der Waals surface area contributed by atoms with E-state index in [0.717, 1.165) is 72.2 Å². The van der Waals surface area contributed by atoms with Crippen LogP contribution in [0, 0.1) is 5.92 Å². The molecule has 1 aromatic rings. The van der Waals surface area contributed by atoms with Crippen LogP contribution in [0.3, 0.4) is 0 Å². The Morgan fingerprint density at radius 1 is 1.16 bits per heavy atom. The molecule has 5 rings (SSSR count). The molecule has 168 valence electrons. The number of carbonyl (C=O) groups is 3. The van der Waals surface area contributed by atoms with Gasteiger partial charge in [-0.3, -0.25) is 9.59 Å². The van der Waals surface area contributed by atoms with Gasteiger partial charge in [0.1, 0.15) is 10.9 Å². The van der Waals surface area contributed by atoms with Crippen LogP contribution in [0.4, 0.5) is 5.00 Å². The van der Waals surface area contributed by atoms with Crippen LogP contribution in [0.2, 0.25) is 0 Å². The van der Waals surface area contributed by atoms with Crippen molar-refractivity contribution in [3.63, 3.8) is 0 Å². The normalized spacial score (nSPS) is 21.5. The zero-order chi connectivity index (χ0) is 22.2. The molecule has 1 unspecified atom stereocenters. The fourth-order valence-corrected chi connectivity index (χ4v) is 7.89. The number of rotatable bonds is 5. The lowest BCUT2D eigenvalue weighted by Gasteiger charge is -2.16. The topological polar surface area (TPSA) is 97.2 Å². The first kappa shape index (κ1) is 21.9. The van der Waals surface area contributed by atoms with Gasteiger partial charge in [0.25, 0.3) is 5.91 Å². The number of aliphatic imine (C=N–C) groups is 2. The molecule has 2 aliphatic carbocycles. The summed E-state index contributed by atoms with van der Waals surface area (Å²) in [5.74, 6) is -1.03. The number of ether oxygens (including phenoxy) is 1. The second kappa shape index (κ2) is 9.15. The highest BCUT2D eigenvalue weighted by Crippen LogP contribution is 2.49. The van der Waals surface area contributed by atoms with Crippen molar-refractivity contribution in [3.05, 3.63) is 26.5 Å².